The first-order chi connectivity index (χ1) is 8.10. The molecule has 6 N–H and O–H groups in total. The molecule has 94 valence electrons. The molecular formula is C10H18N6O. The highest BCUT2D eigenvalue weighted by molar-refractivity contribution is 5.52. The van der Waals surface area contributed by atoms with E-state index in [1.807, 2.05) is 6.92 Å². The number of nitrogens with one attached hydrogen (secondary N) is 1. The summed E-state index contributed by atoms with van der Waals surface area (Å²) in [5.41, 5.74) is 8.06. The Morgan fingerprint density at radius 1 is 1.59 bits per heavy atom. The molecule has 2 unspecified atom stereocenters. The Hall–Kier alpha value is -1.60. The maximum atomic E-state index is 9.56. The predicted octanol–water partition coefficient (Wildman–Crippen LogP) is -0.448. The molecule has 0 bridgehead atoms. The van der Waals surface area contributed by atoms with Gasteiger partial charge >= 0.3 is 0 Å². The zero-order valence-corrected chi connectivity index (χ0v) is 9.80. The van der Waals surface area contributed by atoms with Crippen molar-refractivity contribution < 1.29 is 5.11 Å². The Bertz CT molecular complexity index is 396. The lowest BCUT2D eigenvalue weighted by molar-refractivity contribution is 0.136. The normalized spacial score (nSPS) is 21.6. The van der Waals surface area contributed by atoms with Gasteiger partial charge in [0.1, 0.15) is 11.6 Å². The van der Waals surface area contributed by atoms with Crippen LogP contribution in [0.4, 0.5) is 17.6 Å². The minimum Gasteiger partial charge on any atom is -0.393 e. The van der Waals surface area contributed by atoms with Crippen molar-refractivity contribution in [3.8, 4) is 0 Å². The van der Waals surface area contributed by atoms with Crippen molar-refractivity contribution in [2.24, 2.45) is 11.8 Å². The molecule has 1 aliphatic heterocycles. The second kappa shape index (κ2) is 4.72. The van der Waals surface area contributed by atoms with E-state index in [0.717, 1.165) is 25.3 Å². The Morgan fingerprint density at radius 2 is 2.35 bits per heavy atom. The monoisotopic (exact) mass is 238 g/mol. The molecule has 2 heterocycles. The fourth-order valence-corrected chi connectivity index (χ4v) is 2.08. The molecule has 0 spiro atoms. The lowest BCUT2D eigenvalue weighted by atomic mass is 10.0. The van der Waals surface area contributed by atoms with Gasteiger partial charge in [-0.15, -0.1) is 0 Å². The van der Waals surface area contributed by atoms with E-state index in [1.165, 1.54) is 0 Å². The smallest absolute Gasteiger partial charge is 0.223 e. The van der Waals surface area contributed by atoms with Crippen LogP contribution in [0.15, 0.2) is 6.07 Å². The van der Waals surface area contributed by atoms with Crippen LogP contribution in [0.2, 0.25) is 0 Å². The number of rotatable bonds is 3. The van der Waals surface area contributed by atoms with E-state index in [9.17, 15) is 5.11 Å². The summed E-state index contributed by atoms with van der Waals surface area (Å²) in [7, 11) is 0. The van der Waals surface area contributed by atoms with Gasteiger partial charge in [0.05, 0.1) is 6.10 Å². The lowest BCUT2D eigenvalue weighted by Crippen LogP contribution is -2.25. The maximum absolute atomic E-state index is 9.56. The molecular weight excluding hydrogens is 220 g/mol. The molecule has 2 rings (SSSR count). The number of anilines is 3. The number of aromatic nitrogens is 2. The third-order valence-electron chi connectivity index (χ3n) is 3.11. The number of nitrogen functional groups attached to an aromatic ring is 2. The number of aliphatic hydroxyl groups is 1. The van der Waals surface area contributed by atoms with Gasteiger partial charge in [0.15, 0.2) is 0 Å². The minimum atomic E-state index is -0.300. The third kappa shape index (κ3) is 2.56. The molecule has 0 amide bonds. The quantitative estimate of drug-likeness (QED) is 0.416. The van der Waals surface area contributed by atoms with E-state index in [0.29, 0.717) is 5.82 Å². The van der Waals surface area contributed by atoms with Crippen molar-refractivity contribution in [1.82, 2.24) is 9.97 Å². The number of nitrogens with zero attached hydrogens (tertiary/aromatic N) is 3. The van der Waals surface area contributed by atoms with Gasteiger partial charge in [0.2, 0.25) is 5.95 Å². The van der Waals surface area contributed by atoms with Crippen LogP contribution in [0.5, 0.6) is 0 Å². The number of hydrogen-bond donors (Lipinski definition) is 4. The molecule has 1 saturated heterocycles. The van der Waals surface area contributed by atoms with Gasteiger partial charge in [-0.3, -0.25) is 0 Å². The van der Waals surface area contributed by atoms with E-state index in [2.05, 4.69) is 20.3 Å². The number of hydrazine groups is 1. The standard InChI is InChI=1S/C10H18N6O/c1-6(17)7-2-3-16(5-7)9-4-8(15-12)13-10(11)14-9/h4,6-7,17H,2-3,5,12H2,1H3,(H3,11,13,14,15). The van der Waals surface area contributed by atoms with Crippen molar-refractivity contribution in [2.75, 3.05) is 29.1 Å². The minimum absolute atomic E-state index is 0.191. The average Bonchev–Trinajstić information content (AvgIpc) is 2.77. The Kier molecular flexibility index (Phi) is 3.30. The maximum Gasteiger partial charge on any atom is 0.223 e. The van der Waals surface area contributed by atoms with E-state index in [4.69, 9.17) is 11.6 Å². The van der Waals surface area contributed by atoms with E-state index in [-0.39, 0.29) is 18.0 Å². The van der Waals surface area contributed by atoms with Gasteiger partial charge in [-0.25, -0.2) is 5.84 Å². The fourth-order valence-electron chi connectivity index (χ4n) is 2.08. The third-order valence-corrected chi connectivity index (χ3v) is 3.11. The van der Waals surface area contributed by atoms with Gasteiger partial charge < -0.3 is 21.2 Å². The fraction of sp³-hybridized carbons (Fsp3) is 0.600. The second-order valence-corrected chi connectivity index (χ2v) is 4.35. The van der Waals surface area contributed by atoms with Crippen molar-refractivity contribution >= 4 is 17.6 Å². The Morgan fingerprint density at radius 3 is 2.94 bits per heavy atom. The Balaban J connectivity index is 2.15. The summed E-state index contributed by atoms with van der Waals surface area (Å²) in [6.45, 7) is 3.45. The summed E-state index contributed by atoms with van der Waals surface area (Å²) >= 11 is 0. The van der Waals surface area contributed by atoms with Gasteiger partial charge in [-0.05, 0) is 13.3 Å². The molecule has 0 aliphatic carbocycles. The topological polar surface area (TPSA) is 113 Å². The molecule has 0 saturated carbocycles. The second-order valence-electron chi connectivity index (χ2n) is 4.35. The summed E-state index contributed by atoms with van der Waals surface area (Å²) in [4.78, 5) is 10.2. The SMILES string of the molecule is CC(O)C1CCN(c2cc(NN)nc(N)n2)C1. The lowest BCUT2D eigenvalue weighted by Gasteiger charge is -2.19. The first-order valence-electron chi connectivity index (χ1n) is 5.64. The molecule has 1 fully saturated rings. The summed E-state index contributed by atoms with van der Waals surface area (Å²) in [6, 6.07) is 1.75. The highest BCUT2D eigenvalue weighted by atomic mass is 16.3. The molecule has 0 radical (unpaired) electrons. The van der Waals surface area contributed by atoms with Gasteiger partial charge in [0, 0.05) is 25.1 Å². The van der Waals surface area contributed by atoms with Gasteiger partial charge in [-0.2, -0.15) is 9.97 Å². The largest absolute Gasteiger partial charge is 0.393 e. The van der Waals surface area contributed by atoms with Crippen LogP contribution in [0.25, 0.3) is 0 Å². The summed E-state index contributed by atoms with van der Waals surface area (Å²) in [5.74, 6) is 7.01. The van der Waals surface area contributed by atoms with Crippen molar-refractivity contribution in [1.29, 1.82) is 0 Å². The molecule has 1 aromatic rings. The molecule has 0 aromatic carbocycles. The number of hydrogen-bond acceptors (Lipinski definition) is 7. The van der Waals surface area contributed by atoms with Crippen LogP contribution in [-0.4, -0.2) is 34.3 Å². The summed E-state index contributed by atoms with van der Waals surface area (Å²) < 4.78 is 0. The van der Waals surface area contributed by atoms with E-state index < -0.39 is 0 Å². The van der Waals surface area contributed by atoms with Crippen molar-refractivity contribution in [3.05, 3.63) is 6.07 Å². The highest BCUT2D eigenvalue weighted by Gasteiger charge is 2.27. The van der Waals surface area contributed by atoms with Gasteiger partial charge in [-0.1, -0.05) is 0 Å². The highest BCUT2D eigenvalue weighted by Crippen LogP contribution is 2.25. The zero-order valence-electron chi connectivity index (χ0n) is 9.80. The van der Waals surface area contributed by atoms with Crippen LogP contribution in [-0.2, 0) is 0 Å². The van der Waals surface area contributed by atoms with Crippen LogP contribution < -0.4 is 21.9 Å². The predicted molar refractivity (Wildman–Crippen MR) is 66.3 cm³/mol. The molecule has 2 atom stereocenters. The Labute approximate surface area is 99.8 Å². The van der Waals surface area contributed by atoms with Crippen LogP contribution in [0, 0.1) is 5.92 Å². The van der Waals surface area contributed by atoms with E-state index >= 15 is 0 Å². The van der Waals surface area contributed by atoms with Crippen molar-refractivity contribution in [3.63, 3.8) is 0 Å². The van der Waals surface area contributed by atoms with Crippen LogP contribution in [0.3, 0.4) is 0 Å². The molecule has 17 heavy (non-hydrogen) atoms. The average molecular weight is 238 g/mol. The van der Waals surface area contributed by atoms with Gasteiger partial charge in [0.25, 0.3) is 0 Å². The first-order valence-corrected chi connectivity index (χ1v) is 5.64. The number of aliphatic hydroxyl groups excluding tert-OH is 1. The molecule has 1 aliphatic rings. The summed E-state index contributed by atoms with van der Waals surface area (Å²) in [5, 5.41) is 9.56. The zero-order chi connectivity index (χ0) is 12.4. The van der Waals surface area contributed by atoms with Crippen molar-refractivity contribution in [2.45, 2.75) is 19.4 Å². The van der Waals surface area contributed by atoms with Crippen LogP contribution in [0.1, 0.15) is 13.3 Å². The summed E-state index contributed by atoms with van der Waals surface area (Å²) in [6.07, 6.45) is 0.652. The van der Waals surface area contributed by atoms with E-state index in [1.54, 1.807) is 6.07 Å². The van der Waals surface area contributed by atoms with Crippen LogP contribution >= 0.6 is 0 Å². The number of nitrogens with two attached hydrogens (primary N) is 2. The molecule has 7 heteroatoms. The first kappa shape index (κ1) is 11.9. The molecule has 1 aromatic heterocycles. The molecule has 7 nitrogen and oxygen atoms in total.